The van der Waals surface area contributed by atoms with Crippen LogP contribution in [0.4, 0.5) is 13.2 Å². The van der Waals surface area contributed by atoms with Gasteiger partial charge in [-0.2, -0.15) is 10.2 Å². The van der Waals surface area contributed by atoms with Gasteiger partial charge >= 0.3 is 12.0 Å². The van der Waals surface area contributed by atoms with Crippen molar-refractivity contribution in [2.75, 3.05) is 13.2 Å². The zero-order valence-electron chi connectivity index (χ0n) is 24.2. The van der Waals surface area contributed by atoms with Crippen molar-refractivity contribution >= 4 is 17.0 Å². The van der Waals surface area contributed by atoms with E-state index in [1.807, 2.05) is 19.9 Å². The molecule has 0 saturated carbocycles. The van der Waals surface area contributed by atoms with E-state index in [2.05, 4.69) is 15.0 Å². The normalized spacial score (nSPS) is 15.7. The van der Waals surface area contributed by atoms with Crippen LogP contribution in [-0.4, -0.2) is 43.8 Å². The maximum Gasteiger partial charge on any atom is 0.335 e. The fourth-order valence-corrected chi connectivity index (χ4v) is 5.45. The predicted molar refractivity (Wildman–Crippen MR) is 156 cm³/mol. The fourth-order valence-electron chi connectivity index (χ4n) is 5.45. The molecule has 9 nitrogen and oxygen atoms in total. The summed E-state index contributed by atoms with van der Waals surface area (Å²) in [6, 6.07) is 14.1. The van der Waals surface area contributed by atoms with Crippen molar-refractivity contribution in [3.05, 3.63) is 106 Å². The Labute approximate surface area is 255 Å². The van der Waals surface area contributed by atoms with Crippen LogP contribution in [0.2, 0.25) is 0 Å². The molecule has 1 atom stereocenters. The van der Waals surface area contributed by atoms with Crippen LogP contribution in [0.1, 0.15) is 52.8 Å². The molecule has 1 saturated heterocycles. The first kappa shape index (κ1) is 29.8. The second-order valence-corrected chi connectivity index (χ2v) is 11.5. The lowest BCUT2D eigenvalue weighted by atomic mass is 9.87. The molecule has 1 fully saturated rings. The standard InChI is InChI=1S/C33H26F3N5O4/c1-33(2)17-44-16-28(33)41-27-11-21(31(42)43)10-25(36)30(27)40-29(41)12-20-9-24(35)22(13-23(20)34)26-7-8-38-32(39-26)45-15-19-5-3-18(14-37)4-6-19/h3-11,13,28H,12,15-17H2,1-2H3,(H,42,43). The van der Waals surface area contributed by atoms with E-state index in [-0.39, 0.29) is 70.9 Å². The molecule has 1 aliphatic rings. The number of halogens is 3. The number of carboxylic acids is 1. The number of nitriles is 1. The van der Waals surface area contributed by atoms with Gasteiger partial charge in [0.15, 0.2) is 5.82 Å². The van der Waals surface area contributed by atoms with Gasteiger partial charge in [-0.3, -0.25) is 0 Å². The minimum Gasteiger partial charge on any atom is -0.478 e. The van der Waals surface area contributed by atoms with Gasteiger partial charge in [-0.05, 0) is 53.6 Å². The number of aromatic carboxylic acids is 1. The number of imidazole rings is 1. The van der Waals surface area contributed by atoms with Crippen molar-refractivity contribution < 1.29 is 32.5 Å². The Bertz CT molecular complexity index is 1990. The summed E-state index contributed by atoms with van der Waals surface area (Å²) in [5, 5.41) is 18.5. The summed E-state index contributed by atoms with van der Waals surface area (Å²) < 4.78 is 59.3. The smallest absolute Gasteiger partial charge is 0.335 e. The lowest BCUT2D eigenvalue weighted by molar-refractivity contribution is 0.0696. The Kier molecular flexibility index (Phi) is 7.72. The highest BCUT2D eigenvalue weighted by molar-refractivity contribution is 5.93. The molecular weight excluding hydrogens is 587 g/mol. The van der Waals surface area contributed by atoms with Gasteiger partial charge in [0.25, 0.3) is 0 Å². The lowest BCUT2D eigenvalue weighted by Crippen LogP contribution is -2.27. The average Bonchev–Trinajstić information content (AvgIpc) is 3.56. The predicted octanol–water partition coefficient (Wildman–Crippen LogP) is 6.25. The van der Waals surface area contributed by atoms with E-state index in [0.29, 0.717) is 12.2 Å². The number of carbonyl (C=O) groups is 1. The Morgan fingerprint density at radius 1 is 1.09 bits per heavy atom. The Balaban J connectivity index is 1.32. The fraction of sp³-hybridized carbons (Fsp3) is 0.242. The second kappa shape index (κ2) is 11.7. The molecule has 6 rings (SSSR count). The molecule has 228 valence electrons. The maximum absolute atomic E-state index is 15.6. The Morgan fingerprint density at radius 3 is 2.56 bits per heavy atom. The van der Waals surface area contributed by atoms with Gasteiger partial charge in [-0.1, -0.05) is 26.0 Å². The number of fused-ring (bicyclic) bond motifs is 1. The van der Waals surface area contributed by atoms with Crippen LogP contribution in [0, 0.1) is 34.2 Å². The van der Waals surface area contributed by atoms with Gasteiger partial charge in [0.1, 0.15) is 29.6 Å². The zero-order chi connectivity index (χ0) is 31.9. The van der Waals surface area contributed by atoms with Crippen molar-refractivity contribution in [3.8, 4) is 23.3 Å². The average molecular weight is 614 g/mol. The van der Waals surface area contributed by atoms with Crippen LogP contribution in [0.3, 0.4) is 0 Å². The molecule has 12 heteroatoms. The number of hydrogen-bond donors (Lipinski definition) is 1. The highest BCUT2D eigenvalue weighted by Crippen LogP contribution is 2.41. The molecule has 0 spiro atoms. The van der Waals surface area contributed by atoms with Gasteiger partial charge in [0.05, 0.1) is 47.7 Å². The first-order chi connectivity index (χ1) is 21.5. The molecule has 3 aromatic carbocycles. The third kappa shape index (κ3) is 5.82. The Hall–Kier alpha value is -5.28. The summed E-state index contributed by atoms with van der Waals surface area (Å²) in [4.78, 5) is 24.4. The van der Waals surface area contributed by atoms with E-state index < -0.39 is 28.8 Å². The first-order valence-electron chi connectivity index (χ1n) is 14.0. The Morgan fingerprint density at radius 2 is 1.87 bits per heavy atom. The molecule has 3 heterocycles. The van der Waals surface area contributed by atoms with Gasteiger partial charge < -0.3 is 19.1 Å². The summed E-state index contributed by atoms with van der Waals surface area (Å²) in [5.41, 5.74) is 0.710. The largest absolute Gasteiger partial charge is 0.478 e. The topological polar surface area (TPSA) is 123 Å². The van der Waals surface area contributed by atoms with Crippen molar-refractivity contribution in [2.24, 2.45) is 5.41 Å². The van der Waals surface area contributed by atoms with Crippen molar-refractivity contribution in [2.45, 2.75) is 32.9 Å². The molecule has 1 aliphatic heterocycles. The number of nitrogens with zero attached hydrogens (tertiary/aromatic N) is 5. The van der Waals surface area contributed by atoms with E-state index >= 15 is 13.2 Å². The van der Waals surface area contributed by atoms with Crippen LogP contribution in [-0.2, 0) is 17.8 Å². The third-order valence-corrected chi connectivity index (χ3v) is 7.88. The van der Waals surface area contributed by atoms with Crippen LogP contribution < -0.4 is 4.74 Å². The van der Waals surface area contributed by atoms with E-state index in [1.54, 1.807) is 28.8 Å². The number of ether oxygens (including phenoxy) is 2. The number of hydrogen-bond acceptors (Lipinski definition) is 7. The molecule has 1 N–H and O–H groups in total. The quantitative estimate of drug-likeness (QED) is 0.218. The van der Waals surface area contributed by atoms with Crippen LogP contribution in [0.15, 0.2) is 60.8 Å². The molecule has 1 unspecified atom stereocenters. The molecule has 0 amide bonds. The van der Waals surface area contributed by atoms with E-state index in [4.69, 9.17) is 14.7 Å². The van der Waals surface area contributed by atoms with Gasteiger partial charge in [-0.15, -0.1) is 0 Å². The van der Waals surface area contributed by atoms with Crippen molar-refractivity contribution in [1.29, 1.82) is 5.26 Å². The van der Waals surface area contributed by atoms with E-state index in [1.165, 1.54) is 18.3 Å². The SMILES string of the molecule is CC1(C)COCC1n1c(Cc2cc(F)c(-c3ccnc(OCc4ccc(C#N)cc4)n3)cc2F)nc2c(F)cc(C(=O)O)cc21. The molecule has 2 aromatic heterocycles. The zero-order valence-corrected chi connectivity index (χ0v) is 24.2. The van der Waals surface area contributed by atoms with Crippen LogP contribution in [0.25, 0.3) is 22.3 Å². The van der Waals surface area contributed by atoms with Gasteiger partial charge in [-0.25, -0.2) is 27.9 Å². The number of aromatic nitrogens is 4. The number of benzene rings is 3. The lowest BCUT2D eigenvalue weighted by Gasteiger charge is -2.28. The first-order valence-corrected chi connectivity index (χ1v) is 14.0. The number of rotatable bonds is 8. The van der Waals surface area contributed by atoms with Crippen LogP contribution >= 0.6 is 0 Å². The molecule has 5 aromatic rings. The molecular formula is C33H26F3N5O4. The minimum absolute atomic E-state index is 0.0326. The van der Waals surface area contributed by atoms with Crippen LogP contribution in [0.5, 0.6) is 6.01 Å². The second-order valence-electron chi connectivity index (χ2n) is 11.5. The summed E-state index contributed by atoms with van der Waals surface area (Å²) in [5.74, 6) is -3.39. The summed E-state index contributed by atoms with van der Waals surface area (Å²) in [6.45, 7) is 4.66. The number of carboxylic acid groups (broad SMARTS) is 1. The summed E-state index contributed by atoms with van der Waals surface area (Å²) in [6.07, 6.45) is 1.17. The van der Waals surface area contributed by atoms with Gasteiger partial charge in [0, 0.05) is 23.6 Å². The monoisotopic (exact) mass is 613 g/mol. The van der Waals surface area contributed by atoms with E-state index in [0.717, 1.165) is 23.8 Å². The minimum atomic E-state index is -1.30. The molecule has 0 bridgehead atoms. The van der Waals surface area contributed by atoms with Crippen molar-refractivity contribution in [1.82, 2.24) is 19.5 Å². The highest BCUT2D eigenvalue weighted by Gasteiger charge is 2.39. The maximum atomic E-state index is 15.6. The molecule has 45 heavy (non-hydrogen) atoms. The van der Waals surface area contributed by atoms with Gasteiger partial charge in [0.2, 0.25) is 0 Å². The molecule has 0 aliphatic carbocycles. The highest BCUT2D eigenvalue weighted by atomic mass is 19.1. The van der Waals surface area contributed by atoms with E-state index in [9.17, 15) is 9.90 Å². The summed E-state index contributed by atoms with van der Waals surface area (Å²) >= 11 is 0. The summed E-state index contributed by atoms with van der Waals surface area (Å²) in [7, 11) is 0. The molecule has 0 radical (unpaired) electrons. The van der Waals surface area contributed by atoms with Crippen molar-refractivity contribution in [3.63, 3.8) is 0 Å². The third-order valence-electron chi connectivity index (χ3n) is 7.88.